The molecule has 130 valence electrons. The maximum Gasteiger partial charge on any atom is 0.329 e. The van der Waals surface area contributed by atoms with Crippen LogP contribution in [-0.4, -0.2) is 28.3 Å². The van der Waals surface area contributed by atoms with E-state index >= 15 is 0 Å². The number of carboxylic acids is 1. The second-order valence-electron chi connectivity index (χ2n) is 6.72. The van der Waals surface area contributed by atoms with E-state index in [0.717, 1.165) is 30.4 Å². The molecule has 1 aromatic carbocycles. The summed E-state index contributed by atoms with van der Waals surface area (Å²) in [6.45, 7) is 3.92. The number of hydrogen-bond donors (Lipinski definition) is 2. The summed E-state index contributed by atoms with van der Waals surface area (Å²) in [6, 6.07) is 5.49. The zero-order chi connectivity index (χ0) is 17.7. The Balaban J connectivity index is 1.93. The van der Waals surface area contributed by atoms with Gasteiger partial charge in [-0.15, -0.1) is 0 Å². The van der Waals surface area contributed by atoms with Crippen LogP contribution in [0, 0.1) is 13.8 Å². The average molecular weight is 331 g/mol. The van der Waals surface area contributed by atoms with Crippen LogP contribution in [0.4, 0.5) is 0 Å². The highest BCUT2D eigenvalue weighted by Crippen LogP contribution is 2.28. The van der Waals surface area contributed by atoms with Crippen molar-refractivity contribution in [2.45, 2.75) is 64.3 Å². The van der Waals surface area contributed by atoms with E-state index in [1.807, 2.05) is 26.0 Å². The summed E-state index contributed by atoms with van der Waals surface area (Å²) in [4.78, 5) is 35.9. The SMILES string of the molecule is Cc1ccc(C(=O)CCC(=O)NC2(C(=O)O)CCCCC2)cc1C. The molecule has 0 aliphatic heterocycles. The quantitative estimate of drug-likeness (QED) is 0.784. The van der Waals surface area contributed by atoms with Crippen LogP contribution in [0.2, 0.25) is 0 Å². The summed E-state index contributed by atoms with van der Waals surface area (Å²) in [5.41, 5.74) is 1.59. The third-order valence-corrected chi connectivity index (χ3v) is 4.90. The number of aryl methyl sites for hydroxylation is 2. The monoisotopic (exact) mass is 331 g/mol. The molecule has 0 radical (unpaired) electrons. The third-order valence-electron chi connectivity index (χ3n) is 4.90. The molecule has 1 aliphatic rings. The maximum atomic E-state index is 12.2. The topological polar surface area (TPSA) is 83.5 Å². The molecule has 2 rings (SSSR count). The molecule has 2 N–H and O–H groups in total. The Morgan fingerprint density at radius 1 is 1.04 bits per heavy atom. The van der Waals surface area contributed by atoms with Crippen LogP contribution in [0.25, 0.3) is 0 Å². The standard InChI is InChI=1S/C19H25NO4/c1-13-6-7-15(12-14(13)2)16(21)8-9-17(22)20-19(18(23)24)10-4-3-5-11-19/h6-7,12H,3-5,8-11H2,1-2H3,(H,20,22)(H,23,24). The van der Waals surface area contributed by atoms with Gasteiger partial charge in [-0.2, -0.15) is 0 Å². The van der Waals surface area contributed by atoms with Gasteiger partial charge in [0.1, 0.15) is 5.54 Å². The van der Waals surface area contributed by atoms with E-state index in [-0.39, 0.29) is 24.5 Å². The van der Waals surface area contributed by atoms with E-state index in [4.69, 9.17) is 0 Å². The number of rotatable bonds is 6. The second-order valence-corrected chi connectivity index (χ2v) is 6.72. The predicted octanol–water partition coefficient (Wildman–Crippen LogP) is 3.17. The highest BCUT2D eigenvalue weighted by molar-refractivity contribution is 5.98. The van der Waals surface area contributed by atoms with E-state index in [2.05, 4.69) is 5.32 Å². The van der Waals surface area contributed by atoms with Gasteiger partial charge in [0.2, 0.25) is 5.91 Å². The maximum absolute atomic E-state index is 12.2. The zero-order valence-electron chi connectivity index (χ0n) is 14.4. The molecule has 0 saturated heterocycles. The molecule has 1 fully saturated rings. The fraction of sp³-hybridized carbons (Fsp3) is 0.526. The van der Waals surface area contributed by atoms with Crippen molar-refractivity contribution in [2.24, 2.45) is 0 Å². The molecule has 0 unspecified atom stereocenters. The minimum atomic E-state index is -1.15. The smallest absolute Gasteiger partial charge is 0.329 e. The number of benzene rings is 1. The molecule has 1 saturated carbocycles. The predicted molar refractivity (Wildman–Crippen MR) is 91.1 cm³/mol. The van der Waals surface area contributed by atoms with Crippen LogP contribution in [0.3, 0.4) is 0 Å². The summed E-state index contributed by atoms with van der Waals surface area (Å²) in [5, 5.41) is 12.1. The summed E-state index contributed by atoms with van der Waals surface area (Å²) < 4.78 is 0. The number of carboxylic acid groups (broad SMARTS) is 1. The van der Waals surface area contributed by atoms with Gasteiger partial charge in [-0.3, -0.25) is 9.59 Å². The number of nitrogens with one attached hydrogen (secondary N) is 1. The summed E-state index contributed by atoms with van der Waals surface area (Å²) in [6.07, 6.45) is 3.61. The lowest BCUT2D eigenvalue weighted by atomic mass is 9.81. The molecule has 1 aliphatic carbocycles. The van der Waals surface area contributed by atoms with Gasteiger partial charge in [0, 0.05) is 18.4 Å². The van der Waals surface area contributed by atoms with Gasteiger partial charge in [-0.25, -0.2) is 4.79 Å². The molecule has 0 heterocycles. The van der Waals surface area contributed by atoms with Gasteiger partial charge in [-0.05, 0) is 43.9 Å². The van der Waals surface area contributed by atoms with Crippen molar-refractivity contribution in [3.8, 4) is 0 Å². The second kappa shape index (κ2) is 7.60. The van der Waals surface area contributed by atoms with Gasteiger partial charge < -0.3 is 10.4 Å². The number of carbonyl (C=O) groups is 3. The lowest BCUT2D eigenvalue weighted by Gasteiger charge is -2.34. The molecule has 0 spiro atoms. The molecular weight excluding hydrogens is 306 g/mol. The van der Waals surface area contributed by atoms with Crippen molar-refractivity contribution in [3.05, 3.63) is 34.9 Å². The highest BCUT2D eigenvalue weighted by atomic mass is 16.4. The van der Waals surface area contributed by atoms with Crippen molar-refractivity contribution < 1.29 is 19.5 Å². The van der Waals surface area contributed by atoms with E-state index in [1.165, 1.54) is 0 Å². The van der Waals surface area contributed by atoms with Crippen molar-refractivity contribution in [1.82, 2.24) is 5.32 Å². The number of ketones is 1. The van der Waals surface area contributed by atoms with Gasteiger partial charge >= 0.3 is 5.97 Å². The number of hydrogen-bond acceptors (Lipinski definition) is 3. The Kier molecular flexibility index (Phi) is 5.75. The number of carbonyl (C=O) groups excluding carboxylic acids is 2. The van der Waals surface area contributed by atoms with Crippen LogP contribution in [-0.2, 0) is 9.59 Å². The number of amides is 1. The summed E-state index contributed by atoms with van der Waals surface area (Å²) in [5.74, 6) is -1.44. The van der Waals surface area contributed by atoms with Crippen LogP contribution in [0.15, 0.2) is 18.2 Å². The molecule has 0 bridgehead atoms. The lowest BCUT2D eigenvalue weighted by molar-refractivity contribution is -0.149. The first-order chi connectivity index (χ1) is 11.3. The molecule has 1 aromatic rings. The lowest BCUT2D eigenvalue weighted by Crippen LogP contribution is -2.55. The minimum Gasteiger partial charge on any atom is -0.480 e. The first kappa shape index (κ1) is 18.2. The van der Waals surface area contributed by atoms with E-state index in [1.54, 1.807) is 6.07 Å². The molecule has 0 atom stereocenters. The summed E-state index contributed by atoms with van der Waals surface area (Å²) in [7, 11) is 0. The molecule has 0 aromatic heterocycles. The number of Topliss-reactive ketones (excluding diaryl/α,β-unsaturated/α-hetero) is 1. The highest BCUT2D eigenvalue weighted by Gasteiger charge is 2.40. The van der Waals surface area contributed by atoms with E-state index in [0.29, 0.717) is 18.4 Å². The largest absolute Gasteiger partial charge is 0.480 e. The molecular formula is C19H25NO4. The Morgan fingerprint density at radius 2 is 1.71 bits per heavy atom. The first-order valence-electron chi connectivity index (χ1n) is 8.49. The normalized spacial score (nSPS) is 16.4. The molecule has 5 nitrogen and oxygen atoms in total. The fourth-order valence-corrected chi connectivity index (χ4v) is 3.16. The zero-order valence-corrected chi connectivity index (χ0v) is 14.4. The number of aliphatic carboxylic acids is 1. The summed E-state index contributed by atoms with van der Waals surface area (Å²) >= 11 is 0. The Morgan fingerprint density at radius 3 is 2.29 bits per heavy atom. The molecule has 5 heteroatoms. The van der Waals surface area contributed by atoms with E-state index < -0.39 is 11.5 Å². The van der Waals surface area contributed by atoms with Gasteiger partial charge in [0.15, 0.2) is 5.78 Å². The molecule has 1 amide bonds. The van der Waals surface area contributed by atoms with Crippen LogP contribution < -0.4 is 5.32 Å². The van der Waals surface area contributed by atoms with E-state index in [9.17, 15) is 19.5 Å². The van der Waals surface area contributed by atoms with Crippen LogP contribution in [0.5, 0.6) is 0 Å². The first-order valence-corrected chi connectivity index (χ1v) is 8.49. The van der Waals surface area contributed by atoms with Crippen molar-refractivity contribution in [3.63, 3.8) is 0 Å². The fourth-order valence-electron chi connectivity index (χ4n) is 3.16. The van der Waals surface area contributed by atoms with Gasteiger partial charge in [0.05, 0.1) is 0 Å². The van der Waals surface area contributed by atoms with Crippen LogP contribution in [0.1, 0.15) is 66.4 Å². The van der Waals surface area contributed by atoms with Gasteiger partial charge in [-0.1, -0.05) is 31.4 Å². The average Bonchev–Trinajstić information content (AvgIpc) is 2.56. The van der Waals surface area contributed by atoms with Gasteiger partial charge in [0.25, 0.3) is 0 Å². The Labute approximate surface area is 142 Å². The Bertz CT molecular complexity index is 645. The minimum absolute atomic E-state index is 0.0147. The van der Waals surface area contributed by atoms with Crippen molar-refractivity contribution in [1.29, 1.82) is 0 Å². The van der Waals surface area contributed by atoms with Crippen LogP contribution >= 0.6 is 0 Å². The molecule has 24 heavy (non-hydrogen) atoms. The third kappa shape index (κ3) is 4.22. The van der Waals surface area contributed by atoms with Crippen molar-refractivity contribution in [2.75, 3.05) is 0 Å². The van der Waals surface area contributed by atoms with Crippen molar-refractivity contribution >= 4 is 17.7 Å². The Hall–Kier alpha value is -2.17.